The van der Waals surface area contributed by atoms with Crippen LogP contribution >= 0.6 is 0 Å². The highest BCUT2D eigenvalue weighted by Gasteiger charge is 2.47. The molecule has 3 nitrogen and oxygen atoms in total. The Morgan fingerprint density at radius 1 is 1.28 bits per heavy atom. The second kappa shape index (κ2) is 3.72. The molecule has 1 aliphatic carbocycles. The van der Waals surface area contributed by atoms with Crippen LogP contribution in [-0.2, 0) is 6.42 Å². The Hall–Kier alpha value is -1.06. The van der Waals surface area contributed by atoms with Crippen LogP contribution in [0.4, 0.5) is 5.69 Å². The van der Waals surface area contributed by atoms with Crippen molar-refractivity contribution < 1.29 is 5.11 Å². The van der Waals surface area contributed by atoms with Gasteiger partial charge in [0.05, 0.1) is 11.6 Å². The summed E-state index contributed by atoms with van der Waals surface area (Å²) in [6.07, 6.45) is 4.53. The average molecular weight is 244 g/mol. The quantitative estimate of drug-likeness (QED) is 0.830. The van der Waals surface area contributed by atoms with Gasteiger partial charge in [0.1, 0.15) is 0 Å². The van der Waals surface area contributed by atoms with Crippen molar-refractivity contribution in [3.8, 4) is 0 Å². The number of fused-ring (bicyclic) bond motifs is 1. The first-order valence-electron chi connectivity index (χ1n) is 7.05. The zero-order valence-electron chi connectivity index (χ0n) is 10.6. The lowest BCUT2D eigenvalue weighted by molar-refractivity contribution is 0.0310. The zero-order chi connectivity index (χ0) is 12.2. The van der Waals surface area contributed by atoms with Gasteiger partial charge in [-0.05, 0) is 37.3 Å². The van der Waals surface area contributed by atoms with E-state index in [2.05, 4.69) is 34.5 Å². The van der Waals surface area contributed by atoms with Crippen molar-refractivity contribution in [2.24, 2.45) is 0 Å². The van der Waals surface area contributed by atoms with Crippen molar-refractivity contribution in [3.63, 3.8) is 0 Å². The van der Waals surface area contributed by atoms with Crippen LogP contribution in [0.5, 0.6) is 0 Å². The van der Waals surface area contributed by atoms with Gasteiger partial charge in [-0.15, -0.1) is 0 Å². The second-order valence-corrected chi connectivity index (χ2v) is 6.11. The van der Waals surface area contributed by atoms with Crippen LogP contribution in [0.2, 0.25) is 0 Å². The Morgan fingerprint density at radius 3 is 2.89 bits per heavy atom. The summed E-state index contributed by atoms with van der Waals surface area (Å²) in [5.74, 6) is 0. The predicted molar refractivity (Wildman–Crippen MR) is 71.7 cm³/mol. The lowest BCUT2D eigenvalue weighted by Gasteiger charge is -2.30. The number of β-amino-alcohol motifs (C(OH)–C–C–N with tert-alkyl or cyclic N) is 1. The smallest absolute Gasteiger partial charge is 0.0989 e. The molecule has 0 radical (unpaired) electrons. The maximum atomic E-state index is 10.9. The van der Waals surface area contributed by atoms with Crippen LogP contribution < -0.4 is 5.32 Å². The van der Waals surface area contributed by atoms with Crippen LogP contribution in [0.1, 0.15) is 24.8 Å². The van der Waals surface area contributed by atoms with Crippen LogP contribution in [0.15, 0.2) is 24.3 Å². The van der Waals surface area contributed by atoms with E-state index in [0.717, 1.165) is 32.0 Å². The Kier molecular flexibility index (Phi) is 2.24. The molecular weight excluding hydrogens is 224 g/mol. The molecule has 1 aromatic rings. The number of anilines is 1. The Morgan fingerprint density at radius 2 is 2.11 bits per heavy atom. The highest BCUT2D eigenvalue weighted by molar-refractivity contribution is 5.57. The molecule has 18 heavy (non-hydrogen) atoms. The summed E-state index contributed by atoms with van der Waals surface area (Å²) in [6.45, 7) is 1.92. The fourth-order valence-electron chi connectivity index (χ4n) is 3.50. The van der Waals surface area contributed by atoms with Gasteiger partial charge in [-0.3, -0.25) is 4.90 Å². The molecule has 0 amide bonds. The molecule has 4 rings (SSSR count). The first-order valence-corrected chi connectivity index (χ1v) is 7.05. The topological polar surface area (TPSA) is 35.5 Å². The number of aliphatic hydroxyl groups is 1. The highest BCUT2D eigenvalue weighted by atomic mass is 16.3. The van der Waals surface area contributed by atoms with Gasteiger partial charge in [0.15, 0.2) is 0 Å². The number of rotatable bonds is 2. The summed E-state index contributed by atoms with van der Waals surface area (Å²) in [5.41, 5.74) is 2.02. The highest BCUT2D eigenvalue weighted by Crippen LogP contribution is 2.38. The molecule has 2 heterocycles. The van der Waals surface area contributed by atoms with Crippen LogP contribution in [0, 0.1) is 0 Å². The minimum atomic E-state index is -0.540. The van der Waals surface area contributed by atoms with E-state index >= 15 is 0 Å². The van der Waals surface area contributed by atoms with Crippen molar-refractivity contribution in [2.45, 2.75) is 43.4 Å². The Balaban J connectivity index is 1.52. The monoisotopic (exact) mass is 244 g/mol. The molecule has 0 spiro atoms. The molecule has 2 fully saturated rings. The molecule has 2 atom stereocenters. The third-order valence-electron chi connectivity index (χ3n) is 4.79. The third kappa shape index (κ3) is 1.65. The molecule has 96 valence electrons. The average Bonchev–Trinajstić information content (AvgIpc) is 3.00. The number of hydrogen-bond acceptors (Lipinski definition) is 3. The van der Waals surface area contributed by atoms with Gasteiger partial charge >= 0.3 is 0 Å². The van der Waals surface area contributed by atoms with Gasteiger partial charge in [0, 0.05) is 24.8 Å². The molecule has 2 unspecified atom stereocenters. The molecule has 3 aliphatic rings. The summed E-state index contributed by atoms with van der Waals surface area (Å²) < 4.78 is 0. The van der Waals surface area contributed by atoms with Crippen LogP contribution in [0.3, 0.4) is 0 Å². The van der Waals surface area contributed by atoms with Gasteiger partial charge in [0.2, 0.25) is 0 Å². The van der Waals surface area contributed by atoms with Crippen molar-refractivity contribution in [1.82, 2.24) is 4.90 Å². The molecule has 3 heteroatoms. The summed E-state index contributed by atoms with van der Waals surface area (Å²) in [6, 6.07) is 9.38. The fourth-order valence-corrected chi connectivity index (χ4v) is 3.50. The lowest BCUT2D eigenvalue weighted by Crippen LogP contribution is -2.48. The first-order chi connectivity index (χ1) is 8.74. The maximum Gasteiger partial charge on any atom is 0.0989 e. The summed E-state index contributed by atoms with van der Waals surface area (Å²) >= 11 is 0. The van der Waals surface area contributed by atoms with Crippen molar-refractivity contribution >= 4 is 5.69 Å². The van der Waals surface area contributed by atoms with Crippen molar-refractivity contribution in [1.29, 1.82) is 0 Å². The predicted octanol–water partition coefficient (Wildman–Crippen LogP) is 1.62. The van der Waals surface area contributed by atoms with E-state index in [1.165, 1.54) is 24.1 Å². The summed E-state index contributed by atoms with van der Waals surface area (Å²) in [7, 11) is 0. The number of benzene rings is 1. The van der Waals surface area contributed by atoms with E-state index in [1.54, 1.807) is 0 Å². The minimum Gasteiger partial charge on any atom is -0.386 e. The Bertz CT molecular complexity index is 446. The van der Waals surface area contributed by atoms with Crippen LogP contribution in [0.25, 0.3) is 0 Å². The molecule has 1 aromatic carbocycles. The second-order valence-electron chi connectivity index (χ2n) is 6.11. The molecule has 0 bridgehead atoms. The number of hydrogen-bond donors (Lipinski definition) is 2. The molecule has 2 aliphatic heterocycles. The van der Waals surface area contributed by atoms with E-state index in [1.807, 2.05) is 0 Å². The van der Waals surface area contributed by atoms with Gasteiger partial charge < -0.3 is 10.4 Å². The number of likely N-dealkylation sites (tertiary alicyclic amines) is 1. The first kappa shape index (κ1) is 10.8. The molecule has 2 N–H and O–H groups in total. The minimum absolute atomic E-state index is 0.193. The number of nitrogens with one attached hydrogen (secondary N) is 1. The van der Waals surface area contributed by atoms with Crippen molar-refractivity contribution in [3.05, 3.63) is 29.8 Å². The van der Waals surface area contributed by atoms with Gasteiger partial charge in [-0.25, -0.2) is 0 Å². The van der Waals surface area contributed by atoms with Gasteiger partial charge in [0.25, 0.3) is 0 Å². The van der Waals surface area contributed by atoms with Gasteiger partial charge in [-0.1, -0.05) is 18.2 Å². The molecular formula is C15H20N2O. The van der Waals surface area contributed by atoms with E-state index in [9.17, 15) is 5.11 Å². The fraction of sp³-hybridized carbons (Fsp3) is 0.600. The van der Waals surface area contributed by atoms with E-state index in [4.69, 9.17) is 0 Å². The number of para-hydroxylation sites is 1. The van der Waals surface area contributed by atoms with Crippen molar-refractivity contribution in [2.75, 3.05) is 18.4 Å². The zero-order valence-corrected chi connectivity index (χ0v) is 10.6. The molecule has 0 aromatic heterocycles. The molecule has 1 saturated heterocycles. The largest absolute Gasteiger partial charge is 0.386 e. The summed E-state index contributed by atoms with van der Waals surface area (Å²) in [5, 5.41) is 14.4. The normalized spacial score (nSPS) is 35.5. The van der Waals surface area contributed by atoms with Crippen LogP contribution in [-0.4, -0.2) is 40.8 Å². The standard InChI is InChI=1S/C15H20N2O/c18-15(7-8-17(10-15)12-5-6-12)14-9-11-3-1-2-4-13(11)16-14/h1-4,12,14,16,18H,5-10H2. The summed E-state index contributed by atoms with van der Waals surface area (Å²) in [4.78, 5) is 2.48. The Labute approximate surface area is 108 Å². The van der Waals surface area contributed by atoms with E-state index in [0.29, 0.717) is 0 Å². The molecule has 1 saturated carbocycles. The lowest BCUT2D eigenvalue weighted by atomic mass is 9.91. The number of nitrogens with zero attached hydrogens (tertiary/aromatic N) is 1. The van der Waals surface area contributed by atoms with E-state index < -0.39 is 5.60 Å². The SMILES string of the molecule is OC1(C2Cc3ccccc3N2)CCN(C2CC2)C1. The third-order valence-corrected chi connectivity index (χ3v) is 4.79. The van der Waals surface area contributed by atoms with E-state index in [-0.39, 0.29) is 6.04 Å². The van der Waals surface area contributed by atoms with Gasteiger partial charge in [-0.2, -0.15) is 0 Å². The maximum absolute atomic E-state index is 10.9.